The highest BCUT2D eigenvalue weighted by Crippen LogP contribution is 2.28. The number of aryl methyl sites for hydroxylation is 1. The summed E-state index contributed by atoms with van der Waals surface area (Å²) in [5.41, 5.74) is 7.89. The molecular formula is C21H34N8. The fourth-order valence-electron chi connectivity index (χ4n) is 5.37. The van der Waals surface area contributed by atoms with Gasteiger partial charge >= 0.3 is 0 Å². The van der Waals surface area contributed by atoms with Crippen LogP contribution in [0, 0.1) is 0 Å². The SMILES string of the molecule is Nc1nc(N2CCN(C3CCCC3)CC2)c2ncn(CCCN3CCCC3)c2n1. The lowest BCUT2D eigenvalue weighted by molar-refractivity contribution is 0.187. The molecular weight excluding hydrogens is 364 g/mol. The Kier molecular flexibility index (Phi) is 5.54. The summed E-state index contributed by atoms with van der Waals surface area (Å²) in [6.07, 6.45) is 11.2. The minimum atomic E-state index is 0.354. The van der Waals surface area contributed by atoms with E-state index in [1.807, 2.05) is 6.33 Å². The van der Waals surface area contributed by atoms with Crippen LogP contribution < -0.4 is 10.6 Å². The van der Waals surface area contributed by atoms with E-state index in [0.29, 0.717) is 5.95 Å². The third-order valence-electron chi connectivity index (χ3n) is 6.99. The molecule has 5 rings (SSSR count). The van der Waals surface area contributed by atoms with Crippen LogP contribution in [0.4, 0.5) is 11.8 Å². The molecule has 0 spiro atoms. The number of nitrogens with zero attached hydrogens (tertiary/aromatic N) is 7. The molecule has 3 aliphatic rings. The average Bonchev–Trinajstić information content (AvgIpc) is 3.50. The van der Waals surface area contributed by atoms with Gasteiger partial charge in [0, 0.05) is 38.8 Å². The van der Waals surface area contributed by atoms with Crippen molar-refractivity contribution in [1.29, 1.82) is 0 Å². The smallest absolute Gasteiger partial charge is 0.224 e. The summed E-state index contributed by atoms with van der Waals surface area (Å²) >= 11 is 0. The van der Waals surface area contributed by atoms with Crippen LogP contribution >= 0.6 is 0 Å². The number of likely N-dealkylation sites (tertiary alicyclic amines) is 1. The first kappa shape index (κ1) is 19.1. The number of piperazine rings is 1. The lowest BCUT2D eigenvalue weighted by Gasteiger charge is -2.38. The Labute approximate surface area is 173 Å². The van der Waals surface area contributed by atoms with E-state index in [1.54, 1.807) is 0 Å². The zero-order valence-corrected chi connectivity index (χ0v) is 17.5. The molecule has 0 bridgehead atoms. The molecule has 4 heterocycles. The fourth-order valence-corrected chi connectivity index (χ4v) is 5.37. The van der Waals surface area contributed by atoms with E-state index >= 15 is 0 Å². The maximum atomic E-state index is 6.11. The van der Waals surface area contributed by atoms with Gasteiger partial charge in [0.2, 0.25) is 5.95 Å². The summed E-state index contributed by atoms with van der Waals surface area (Å²) in [4.78, 5) is 21.4. The maximum absolute atomic E-state index is 6.11. The zero-order valence-electron chi connectivity index (χ0n) is 17.5. The molecule has 1 aliphatic carbocycles. The molecule has 2 aliphatic heterocycles. The van der Waals surface area contributed by atoms with Crippen LogP contribution in [0.2, 0.25) is 0 Å². The third kappa shape index (κ3) is 4.05. The first-order chi connectivity index (χ1) is 14.3. The average molecular weight is 399 g/mol. The molecule has 0 aromatic carbocycles. The molecule has 0 atom stereocenters. The van der Waals surface area contributed by atoms with E-state index in [2.05, 4.69) is 29.2 Å². The second-order valence-electron chi connectivity index (χ2n) is 8.88. The quantitative estimate of drug-likeness (QED) is 0.797. The monoisotopic (exact) mass is 398 g/mol. The number of fused-ring (bicyclic) bond motifs is 1. The van der Waals surface area contributed by atoms with Gasteiger partial charge in [0.15, 0.2) is 17.0 Å². The lowest BCUT2D eigenvalue weighted by atomic mass is 10.2. The molecule has 29 heavy (non-hydrogen) atoms. The van der Waals surface area contributed by atoms with Gasteiger partial charge in [-0.15, -0.1) is 0 Å². The van der Waals surface area contributed by atoms with Crippen molar-refractivity contribution in [3.05, 3.63) is 6.33 Å². The normalized spacial score (nSPS) is 22.3. The topological polar surface area (TPSA) is 79.3 Å². The van der Waals surface area contributed by atoms with Gasteiger partial charge in [-0.05, 0) is 51.7 Å². The zero-order chi connectivity index (χ0) is 19.6. The van der Waals surface area contributed by atoms with Crippen molar-refractivity contribution >= 4 is 22.9 Å². The molecule has 158 valence electrons. The van der Waals surface area contributed by atoms with E-state index in [1.165, 1.54) is 51.6 Å². The minimum Gasteiger partial charge on any atom is -0.368 e. The molecule has 2 aromatic heterocycles. The molecule has 0 amide bonds. The molecule has 0 unspecified atom stereocenters. The Balaban J connectivity index is 1.27. The highest BCUT2D eigenvalue weighted by molar-refractivity contribution is 5.84. The summed E-state index contributed by atoms with van der Waals surface area (Å²) in [7, 11) is 0. The second-order valence-corrected chi connectivity index (χ2v) is 8.88. The van der Waals surface area contributed by atoms with Crippen molar-refractivity contribution in [3.63, 3.8) is 0 Å². The Morgan fingerprint density at radius 3 is 2.41 bits per heavy atom. The van der Waals surface area contributed by atoms with Crippen LogP contribution in [-0.2, 0) is 6.54 Å². The lowest BCUT2D eigenvalue weighted by Crippen LogP contribution is -2.50. The molecule has 3 fully saturated rings. The molecule has 8 heteroatoms. The van der Waals surface area contributed by atoms with E-state index < -0.39 is 0 Å². The van der Waals surface area contributed by atoms with E-state index in [0.717, 1.165) is 68.7 Å². The Morgan fingerprint density at radius 2 is 1.66 bits per heavy atom. The van der Waals surface area contributed by atoms with Crippen LogP contribution in [0.15, 0.2) is 6.33 Å². The van der Waals surface area contributed by atoms with Crippen molar-refractivity contribution in [3.8, 4) is 0 Å². The van der Waals surface area contributed by atoms with Gasteiger partial charge in [0.1, 0.15) is 0 Å². The third-order valence-corrected chi connectivity index (χ3v) is 6.99. The molecule has 2 aromatic rings. The van der Waals surface area contributed by atoms with Gasteiger partial charge in [-0.3, -0.25) is 4.90 Å². The number of hydrogen-bond acceptors (Lipinski definition) is 7. The van der Waals surface area contributed by atoms with Crippen LogP contribution in [0.25, 0.3) is 11.2 Å². The molecule has 8 nitrogen and oxygen atoms in total. The first-order valence-electron chi connectivity index (χ1n) is 11.5. The second kappa shape index (κ2) is 8.44. The summed E-state index contributed by atoms with van der Waals surface area (Å²) < 4.78 is 2.15. The number of aromatic nitrogens is 4. The summed E-state index contributed by atoms with van der Waals surface area (Å²) in [5.74, 6) is 1.27. The van der Waals surface area contributed by atoms with Crippen LogP contribution in [0.1, 0.15) is 44.9 Å². The molecule has 1 saturated carbocycles. The van der Waals surface area contributed by atoms with Crippen LogP contribution in [0.5, 0.6) is 0 Å². The maximum Gasteiger partial charge on any atom is 0.224 e. The van der Waals surface area contributed by atoms with Gasteiger partial charge in [-0.25, -0.2) is 4.98 Å². The minimum absolute atomic E-state index is 0.354. The van der Waals surface area contributed by atoms with E-state index in [4.69, 9.17) is 10.7 Å². The predicted octanol–water partition coefficient (Wildman–Crippen LogP) is 1.96. The number of hydrogen-bond donors (Lipinski definition) is 1. The van der Waals surface area contributed by atoms with Gasteiger partial charge in [0.05, 0.1) is 6.33 Å². The molecule has 2 saturated heterocycles. The molecule has 2 N–H and O–H groups in total. The van der Waals surface area contributed by atoms with Gasteiger partial charge in [0.25, 0.3) is 0 Å². The Hall–Kier alpha value is -1.93. The van der Waals surface area contributed by atoms with E-state index in [9.17, 15) is 0 Å². The highest BCUT2D eigenvalue weighted by Gasteiger charge is 2.28. The summed E-state index contributed by atoms with van der Waals surface area (Å²) in [5, 5.41) is 0. The van der Waals surface area contributed by atoms with Crippen molar-refractivity contribution in [2.75, 3.05) is 56.4 Å². The largest absolute Gasteiger partial charge is 0.368 e. The van der Waals surface area contributed by atoms with Crippen molar-refractivity contribution in [2.45, 2.75) is 57.5 Å². The van der Waals surface area contributed by atoms with Crippen molar-refractivity contribution in [1.82, 2.24) is 29.3 Å². The fraction of sp³-hybridized carbons (Fsp3) is 0.762. The van der Waals surface area contributed by atoms with Gasteiger partial charge < -0.3 is 20.1 Å². The van der Waals surface area contributed by atoms with Crippen molar-refractivity contribution in [2.24, 2.45) is 0 Å². The summed E-state index contributed by atoms with van der Waals surface area (Å²) in [6, 6.07) is 0.794. The van der Waals surface area contributed by atoms with Crippen molar-refractivity contribution < 1.29 is 0 Å². The number of nitrogens with two attached hydrogens (primary N) is 1. The molecule has 0 radical (unpaired) electrons. The summed E-state index contributed by atoms with van der Waals surface area (Å²) in [6.45, 7) is 8.76. The van der Waals surface area contributed by atoms with Gasteiger partial charge in [-0.1, -0.05) is 12.8 Å². The highest BCUT2D eigenvalue weighted by atomic mass is 15.3. The number of anilines is 2. The Bertz CT molecular complexity index is 813. The van der Waals surface area contributed by atoms with Crippen LogP contribution in [-0.4, -0.2) is 81.2 Å². The van der Waals surface area contributed by atoms with E-state index in [-0.39, 0.29) is 0 Å². The standard InChI is InChI=1S/C21H34N8/c22-21-24-19(28-14-12-27(13-15-28)17-6-1-2-7-17)18-20(25-21)29(16-23-18)11-5-10-26-8-3-4-9-26/h16-17H,1-15H2,(H2,22,24,25). The number of rotatable bonds is 6. The van der Waals surface area contributed by atoms with Crippen LogP contribution in [0.3, 0.4) is 0 Å². The van der Waals surface area contributed by atoms with Gasteiger partial charge in [-0.2, -0.15) is 9.97 Å². The first-order valence-corrected chi connectivity index (χ1v) is 11.5. The predicted molar refractivity (Wildman–Crippen MR) is 116 cm³/mol. The number of imidazole rings is 1. The Morgan fingerprint density at radius 1 is 0.897 bits per heavy atom. The number of nitrogen functional groups attached to an aromatic ring is 1.